The zero-order valence-corrected chi connectivity index (χ0v) is 18.4. The lowest BCUT2D eigenvalue weighted by atomic mass is 10.0. The molecule has 2 aliphatic rings. The van der Waals surface area contributed by atoms with Crippen molar-refractivity contribution in [1.82, 2.24) is 0 Å². The Labute approximate surface area is 178 Å². The van der Waals surface area contributed by atoms with Gasteiger partial charge in [-0.25, -0.2) is 8.42 Å². The number of benzene rings is 2. The molecule has 1 aliphatic carbocycles. The second-order valence-electron chi connectivity index (χ2n) is 7.98. The van der Waals surface area contributed by atoms with Gasteiger partial charge in [0, 0.05) is 36.9 Å². The van der Waals surface area contributed by atoms with Crippen LogP contribution in [0, 0.1) is 5.92 Å². The van der Waals surface area contributed by atoms with Crippen LogP contribution in [0.2, 0.25) is 0 Å². The van der Waals surface area contributed by atoms with Gasteiger partial charge in [-0.3, -0.25) is 9.52 Å². The van der Waals surface area contributed by atoms with Crippen LogP contribution in [0.15, 0.2) is 47.4 Å². The molecule has 1 aliphatic heterocycles. The molecule has 2 aromatic rings. The zero-order chi connectivity index (χ0) is 21.3. The average molecular weight is 428 g/mol. The maximum Gasteiger partial charge on any atom is 0.261 e. The molecule has 1 N–H and O–H groups in total. The van der Waals surface area contributed by atoms with Gasteiger partial charge in [0.2, 0.25) is 5.91 Å². The molecule has 0 unspecified atom stereocenters. The molecule has 1 saturated carbocycles. The van der Waals surface area contributed by atoms with Crippen molar-refractivity contribution in [1.29, 1.82) is 0 Å². The number of fused-ring (bicyclic) bond motifs is 1. The van der Waals surface area contributed by atoms with Crippen molar-refractivity contribution in [2.24, 2.45) is 5.92 Å². The highest BCUT2D eigenvalue weighted by molar-refractivity contribution is 7.92. The Balaban J connectivity index is 1.56. The maximum atomic E-state index is 12.9. The summed E-state index contributed by atoms with van der Waals surface area (Å²) in [5, 5.41) is 0. The third kappa shape index (κ3) is 4.17. The van der Waals surface area contributed by atoms with E-state index in [2.05, 4.69) is 23.5 Å². The monoisotopic (exact) mass is 427 g/mol. The van der Waals surface area contributed by atoms with E-state index >= 15 is 0 Å². The predicted molar refractivity (Wildman–Crippen MR) is 121 cm³/mol. The van der Waals surface area contributed by atoms with Crippen molar-refractivity contribution < 1.29 is 13.2 Å². The number of hydrogen-bond acceptors (Lipinski definition) is 4. The molecular formula is C23H29N3O3S. The molecule has 0 radical (unpaired) electrons. The van der Waals surface area contributed by atoms with E-state index in [9.17, 15) is 13.2 Å². The molecule has 1 fully saturated rings. The SMILES string of the molecule is CCN(CC)c1ccc(S(=O)(=O)Nc2ccc3c(c2)N(C(=O)C2CC2)CCC3)cc1. The van der Waals surface area contributed by atoms with E-state index < -0.39 is 10.0 Å². The summed E-state index contributed by atoms with van der Waals surface area (Å²) < 4.78 is 28.5. The van der Waals surface area contributed by atoms with E-state index in [1.54, 1.807) is 24.3 Å². The molecule has 160 valence electrons. The summed E-state index contributed by atoms with van der Waals surface area (Å²) in [5.74, 6) is 0.309. The molecule has 0 spiro atoms. The van der Waals surface area contributed by atoms with E-state index in [1.165, 1.54) is 0 Å². The molecular weight excluding hydrogens is 398 g/mol. The van der Waals surface area contributed by atoms with Gasteiger partial charge in [-0.15, -0.1) is 0 Å². The fourth-order valence-corrected chi connectivity index (χ4v) is 5.11. The van der Waals surface area contributed by atoms with E-state index in [0.717, 1.165) is 55.7 Å². The highest BCUT2D eigenvalue weighted by Crippen LogP contribution is 2.37. The van der Waals surface area contributed by atoms with Crippen molar-refractivity contribution in [3.05, 3.63) is 48.0 Å². The van der Waals surface area contributed by atoms with Gasteiger partial charge in [-0.1, -0.05) is 6.07 Å². The van der Waals surface area contributed by atoms with Crippen molar-refractivity contribution in [3.8, 4) is 0 Å². The van der Waals surface area contributed by atoms with Gasteiger partial charge in [0.05, 0.1) is 10.6 Å². The lowest BCUT2D eigenvalue weighted by molar-refractivity contribution is -0.119. The number of amides is 1. The summed E-state index contributed by atoms with van der Waals surface area (Å²) in [6.07, 6.45) is 3.76. The van der Waals surface area contributed by atoms with E-state index in [0.29, 0.717) is 12.2 Å². The molecule has 4 rings (SSSR count). The Morgan fingerprint density at radius 1 is 1.10 bits per heavy atom. The molecule has 0 atom stereocenters. The molecule has 0 bridgehead atoms. The largest absolute Gasteiger partial charge is 0.372 e. The van der Waals surface area contributed by atoms with Crippen LogP contribution < -0.4 is 14.5 Å². The third-order valence-electron chi connectivity index (χ3n) is 5.92. The molecule has 6 nitrogen and oxygen atoms in total. The van der Waals surface area contributed by atoms with Gasteiger partial charge in [-0.2, -0.15) is 0 Å². The fraction of sp³-hybridized carbons (Fsp3) is 0.435. The van der Waals surface area contributed by atoms with Gasteiger partial charge >= 0.3 is 0 Å². The number of nitrogens with one attached hydrogen (secondary N) is 1. The molecule has 1 amide bonds. The van der Waals surface area contributed by atoms with Crippen molar-refractivity contribution in [2.75, 3.05) is 34.2 Å². The highest BCUT2D eigenvalue weighted by atomic mass is 32.2. The van der Waals surface area contributed by atoms with Gasteiger partial charge in [0.25, 0.3) is 10.0 Å². The summed E-state index contributed by atoms with van der Waals surface area (Å²) >= 11 is 0. The number of hydrogen-bond donors (Lipinski definition) is 1. The van der Waals surface area contributed by atoms with Crippen molar-refractivity contribution >= 4 is 33.0 Å². The second-order valence-corrected chi connectivity index (χ2v) is 9.67. The minimum atomic E-state index is -3.71. The van der Waals surface area contributed by atoms with E-state index in [-0.39, 0.29) is 16.7 Å². The molecule has 0 saturated heterocycles. The van der Waals surface area contributed by atoms with Crippen LogP contribution in [-0.2, 0) is 21.2 Å². The first kappa shape index (κ1) is 20.7. The summed E-state index contributed by atoms with van der Waals surface area (Å²) in [5.41, 5.74) is 3.43. The third-order valence-corrected chi connectivity index (χ3v) is 7.32. The number of nitrogens with zero attached hydrogens (tertiary/aromatic N) is 2. The maximum absolute atomic E-state index is 12.9. The molecule has 2 aromatic carbocycles. The van der Waals surface area contributed by atoms with Gasteiger partial charge in [0.1, 0.15) is 0 Å². The topological polar surface area (TPSA) is 69.7 Å². The first-order valence-corrected chi connectivity index (χ1v) is 12.2. The van der Waals surface area contributed by atoms with Gasteiger partial charge in [-0.05, 0) is 81.5 Å². The van der Waals surface area contributed by atoms with Gasteiger partial charge in [0.15, 0.2) is 0 Å². The normalized spacial score (nSPS) is 16.1. The standard InChI is InChI=1S/C23H29N3O3S/c1-3-25(4-2)20-11-13-21(14-12-20)30(28,29)24-19-10-9-17-6-5-15-26(22(17)16-19)23(27)18-7-8-18/h9-14,16,18,24H,3-8,15H2,1-2H3. The van der Waals surface area contributed by atoms with Crippen molar-refractivity contribution in [3.63, 3.8) is 0 Å². The lowest BCUT2D eigenvalue weighted by Gasteiger charge is -2.30. The second kappa shape index (κ2) is 8.30. The fourth-order valence-electron chi connectivity index (χ4n) is 4.06. The van der Waals surface area contributed by atoms with Crippen LogP contribution in [0.4, 0.5) is 17.1 Å². The van der Waals surface area contributed by atoms with Crippen LogP contribution >= 0.6 is 0 Å². The number of carbonyl (C=O) groups is 1. The smallest absolute Gasteiger partial charge is 0.261 e. The number of aryl methyl sites for hydroxylation is 1. The zero-order valence-electron chi connectivity index (χ0n) is 17.6. The first-order valence-electron chi connectivity index (χ1n) is 10.7. The quantitative estimate of drug-likeness (QED) is 0.725. The number of carbonyl (C=O) groups excluding carboxylic acids is 1. The molecule has 1 heterocycles. The van der Waals surface area contributed by atoms with Crippen LogP contribution in [-0.4, -0.2) is 34.0 Å². The van der Waals surface area contributed by atoms with E-state index in [1.807, 2.05) is 23.1 Å². The Morgan fingerprint density at radius 3 is 2.43 bits per heavy atom. The van der Waals surface area contributed by atoms with Crippen LogP contribution in [0.25, 0.3) is 0 Å². The Kier molecular flexibility index (Phi) is 5.73. The van der Waals surface area contributed by atoms with Crippen molar-refractivity contribution in [2.45, 2.75) is 44.4 Å². The molecule has 30 heavy (non-hydrogen) atoms. The number of sulfonamides is 1. The number of rotatable bonds is 7. The summed E-state index contributed by atoms with van der Waals surface area (Å²) in [4.78, 5) is 16.9. The summed E-state index contributed by atoms with van der Waals surface area (Å²) in [6, 6.07) is 12.5. The lowest BCUT2D eigenvalue weighted by Crippen LogP contribution is -2.36. The minimum Gasteiger partial charge on any atom is -0.372 e. The number of anilines is 3. The highest BCUT2D eigenvalue weighted by Gasteiger charge is 2.35. The Bertz CT molecular complexity index is 1030. The van der Waals surface area contributed by atoms with Crippen LogP contribution in [0.1, 0.15) is 38.7 Å². The Hall–Kier alpha value is -2.54. The summed E-state index contributed by atoms with van der Waals surface area (Å²) in [6.45, 7) is 6.58. The molecule has 0 aromatic heterocycles. The van der Waals surface area contributed by atoms with Crippen LogP contribution in [0.3, 0.4) is 0 Å². The minimum absolute atomic E-state index is 0.139. The predicted octanol–water partition coefficient (Wildman–Crippen LogP) is 4.02. The Morgan fingerprint density at radius 2 is 1.80 bits per heavy atom. The van der Waals surface area contributed by atoms with Crippen LogP contribution in [0.5, 0.6) is 0 Å². The van der Waals surface area contributed by atoms with Gasteiger partial charge < -0.3 is 9.80 Å². The van der Waals surface area contributed by atoms with E-state index in [4.69, 9.17) is 0 Å². The summed E-state index contributed by atoms with van der Waals surface area (Å²) in [7, 11) is -3.71. The average Bonchev–Trinajstić information content (AvgIpc) is 3.59. The molecule has 7 heteroatoms. The first-order chi connectivity index (χ1) is 14.4.